The molecule has 61 heavy (non-hydrogen) atoms. The van der Waals surface area contributed by atoms with Crippen LogP contribution in [0.25, 0.3) is 5.57 Å². The van der Waals surface area contributed by atoms with Crippen molar-refractivity contribution >= 4 is 43.0 Å². The van der Waals surface area contributed by atoms with E-state index < -0.39 is 25.7 Å². The standard InChI is InChI=1S/C48H61N3O8S2/c1-7-8-25-50-33-39(61(56,57)58)32-41-46(50)49-43(47(41,3)4)23-20-35-15-13-16-36(45(35)37-17-14-18-38(31-37)59-28-11-10-27-52)21-24-44-48(5,6)40-30-34(2)19-22-42(40)51(44)26-9-12-29-60(53,54)55/h14,17-24,30-33,52H,7-13,15-16,25-29H2,1-6H3,(H-,53,54,55,56,57,58)/p+1. The number of anilines is 1. The summed E-state index contributed by atoms with van der Waals surface area (Å²) in [6, 6.07) is 16.2. The molecule has 0 fully saturated rings. The molecular weight excluding hydrogens is 811 g/mol. The molecule has 3 aliphatic rings. The van der Waals surface area contributed by atoms with Crippen molar-refractivity contribution in [3.63, 3.8) is 0 Å². The molecule has 0 unspecified atom stereocenters. The summed E-state index contributed by atoms with van der Waals surface area (Å²) >= 11 is 0. The molecule has 0 amide bonds. The predicted molar refractivity (Wildman–Crippen MR) is 243 cm³/mol. The summed E-state index contributed by atoms with van der Waals surface area (Å²) in [6.07, 6.45) is 16.8. The van der Waals surface area contributed by atoms with E-state index in [4.69, 9.17) is 9.73 Å². The summed E-state index contributed by atoms with van der Waals surface area (Å²) in [5.41, 5.74) is 9.54. The van der Waals surface area contributed by atoms with Crippen LogP contribution in [0.5, 0.6) is 5.75 Å². The minimum atomic E-state index is -4.44. The van der Waals surface area contributed by atoms with E-state index in [9.17, 15) is 31.0 Å². The normalized spacial score (nSPS) is 18.6. The lowest BCUT2D eigenvalue weighted by Gasteiger charge is -2.28. The number of aromatic nitrogens is 1. The molecule has 0 saturated carbocycles. The van der Waals surface area contributed by atoms with Gasteiger partial charge in [0.2, 0.25) is 0 Å². The highest BCUT2D eigenvalue weighted by Gasteiger charge is 2.44. The smallest absolute Gasteiger partial charge is 0.327 e. The maximum absolute atomic E-state index is 12.4. The molecule has 6 rings (SSSR count). The summed E-state index contributed by atoms with van der Waals surface area (Å²) in [7, 11) is -8.49. The molecule has 2 aliphatic heterocycles. The third-order valence-corrected chi connectivity index (χ3v) is 13.7. The molecule has 0 spiro atoms. The molecule has 0 atom stereocenters. The van der Waals surface area contributed by atoms with Crippen LogP contribution >= 0.6 is 0 Å². The van der Waals surface area contributed by atoms with Crippen LogP contribution in [0.3, 0.4) is 0 Å². The number of aliphatic imine (C=N–C) groups is 1. The number of nitrogens with zero attached hydrogens (tertiary/aromatic N) is 3. The summed E-state index contributed by atoms with van der Waals surface area (Å²) < 4.78 is 75.3. The Morgan fingerprint density at radius 3 is 2.39 bits per heavy atom. The van der Waals surface area contributed by atoms with Crippen molar-refractivity contribution in [1.29, 1.82) is 0 Å². The largest absolute Gasteiger partial charge is 0.494 e. The Balaban J connectivity index is 1.45. The number of aliphatic hydroxyl groups excluding tert-OH is 1. The molecule has 3 aromatic rings. The number of pyridine rings is 1. The zero-order chi connectivity index (χ0) is 44.2. The highest BCUT2D eigenvalue weighted by Crippen LogP contribution is 2.49. The Labute approximate surface area is 362 Å². The van der Waals surface area contributed by atoms with E-state index in [1.165, 1.54) is 11.8 Å². The van der Waals surface area contributed by atoms with Gasteiger partial charge in [-0.2, -0.15) is 16.8 Å². The topological polar surface area (TPSA) is 158 Å². The van der Waals surface area contributed by atoms with Crippen LogP contribution in [-0.2, 0) is 37.6 Å². The van der Waals surface area contributed by atoms with Crippen LogP contribution in [0.1, 0.15) is 115 Å². The Hall–Kier alpha value is -4.40. The second-order valence-electron chi connectivity index (χ2n) is 17.5. The van der Waals surface area contributed by atoms with Crippen molar-refractivity contribution in [2.24, 2.45) is 4.99 Å². The molecule has 0 radical (unpaired) electrons. The van der Waals surface area contributed by atoms with E-state index in [1.54, 1.807) is 6.07 Å². The first-order chi connectivity index (χ1) is 28.8. The van der Waals surface area contributed by atoms with Gasteiger partial charge in [0, 0.05) is 30.0 Å². The van der Waals surface area contributed by atoms with Gasteiger partial charge < -0.3 is 14.7 Å². The molecule has 0 bridgehead atoms. The van der Waals surface area contributed by atoms with E-state index >= 15 is 0 Å². The van der Waals surface area contributed by atoms with Crippen LogP contribution < -0.4 is 14.2 Å². The fourth-order valence-corrected chi connectivity index (χ4v) is 9.79. The SMILES string of the molecule is CCCC[n+]1cc(S(=O)(=O)O)cc2c1N=C(/C=C/C1=C(c3cccc(OCCCCO)c3)C(=C/C=C3/N(CCCCS(=O)(=O)O)c4ccc(C)cc4C3(C)C)/CCC1)C2(C)C. The van der Waals surface area contributed by atoms with Gasteiger partial charge in [-0.1, -0.05) is 69.2 Å². The van der Waals surface area contributed by atoms with Crippen molar-refractivity contribution in [2.75, 3.05) is 30.4 Å². The van der Waals surface area contributed by atoms with Gasteiger partial charge in [-0.3, -0.25) is 9.11 Å². The maximum Gasteiger partial charge on any atom is 0.327 e. The van der Waals surface area contributed by atoms with Gasteiger partial charge in [0.15, 0.2) is 5.71 Å². The predicted octanol–water partition coefficient (Wildman–Crippen LogP) is 9.31. The van der Waals surface area contributed by atoms with E-state index in [0.29, 0.717) is 44.8 Å². The summed E-state index contributed by atoms with van der Waals surface area (Å²) in [6.45, 7) is 14.5. The third kappa shape index (κ3) is 10.6. The number of ether oxygens (including phenoxy) is 1. The lowest BCUT2D eigenvalue weighted by Crippen LogP contribution is -2.36. The van der Waals surface area contributed by atoms with E-state index in [1.807, 2.05) is 30.5 Å². The Morgan fingerprint density at radius 1 is 0.885 bits per heavy atom. The zero-order valence-corrected chi connectivity index (χ0v) is 38.1. The first-order valence-corrected chi connectivity index (χ1v) is 24.6. The summed E-state index contributed by atoms with van der Waals surface area (Å²) in [4.78, 5) is 7.26. The quantitative estimate of drug-likeness (QED) is 0.0644. The number of allylic oxidation sites excluding steroid dienone is 8. The van der Waals surface area contributed by atoms with Gasteiger partial charge in [0.25, 0.3) is 20.2 Å². The van der Waals surface area contributed by atoms with Crippen molar-refractivity contribution in [3.8, 4) is 5.75 Å². The summed E-state index contributed by atoms with van der Waals surface area (Å²) in [5, 5.41) is 9.31. The van der Waals surface area contributed by atoms with Crippen molar-refractivity contribution in [1.82, 2.24) is 0 Å². The van der Waals surface area contributed by atoms with E-state index in [0.717, 1.165) is 94.8 Å². The average Bonchev–Trinajstić information content (AvgIpc) is 3.58. The summed E-state index contributed by atoms with van der Waals surface area (Å²) in [5.74, 6) is 1.17. The minimum absolute atomic E-state index is 0.118. The average molecular weight is 873 g/mol. The molecule has 328 valence electrons. The highest BCUT2D eigenvalue weighted by molar-refractivity contribution is 7.86. The lowest BCUT2D eigenvalue weighted by molar-refractivity contribution is -0.686. The third-order valence-electron chi connectivity index (χ3n) is 12.1. The number of aryl methyl sites for hydroxylation is 2. The monoisotopic (exact) mass is 872 g/mol. The van der Waals surface area contributed by atoms with Gasteiger partial charge in [-0.15, -0.1) is 0 Å². The van der Waals surface area contributed by atoms with Gasteiger partial charge >= 0.3 is 5.82 Å². The molecule has 0 saturated heterocycles. The van der Waals surface area contributed by atoms with Gasteiger partial charge in [0.1, 0.15) is 16.8 Å². The first-order valence-electron chi connectivity index (χ1n) is 21.5. The molecule has 3 N–H and O–H groups in total. The molecule has 11 nitrogen and oxygen atoms in total. The lowest BCUT2D eigenvalue weighted by atomic mass is 9.80. The molecular formula is C48H62N3O8S2+. The van der Waals surface area contributed by atoms with E-state index in [-0.39, 0.29) is 22.7 Å². The van der Waals surface area contributed by atoms with Crippen molar-refractivity contribution < 1.29 is 40.4 Å². The Bertz CT molecular complexity index is 2510. The zero-order valence-electron chi connectivity index (χ0n) is 36.4. The van der Waals surface area contributed by atoms with Crippen LogP contribution in [0.4, 0.5) is 11.5 Å². The molecule has 13 heteroatoms. The van der Waals surface area contributed by atoms with Crippen LogP contribution in [0.15, 0.2) is 106 Å². The van der Waals surface area contributed by atoms with Crippen LogP contribution in [0, 0.1) is 6.92 Å². The number of fused-ring (bicyclic) bond motifs is 2. The van der Waals surface area contributed by atoms with Gasteiger partial charge in [-0.25, -0.2) is 4.57 Å². The highest BCUT2D eigenvalue weighted by atomic mass is 32.2. The second kappa shape index (κ2) is 18.9. The maximum atomic E-state index is 12.4. The Kier molecular flexibility index (Phi) is 14.3. The first kappa shape index (κ1) is 46.1. The Morgan fingerprint density at radius 2 is 1.67 bits per heavy atom. The van der Waals surface area contributed by atoms with Crippen LogP contribution in [0.2, 0.25) is 0 Å². The number of benzene rings is 2. The number of hydrogen-bond donors (Lipinski definition) is 3. The van der Waals surface area contributed by atoms with Gasteiger partial charge in [0.05, 0.1) is 29.9 Å². The molecule has 1 aromatic heterocycles. The fraction of sp³-hybridized carbons (Fsp3) is 0.458. The van der Waals surface area contributed by atoms with Crippen molar-refractivity contribution in [2.45, 2.75) is 122 Å². The van der Waals surface area contributed by atoms with Crippen LogP contribution in [-0.4, -0.2) is 62.3 Å². The number of unbranched alkanes of at least 4 members (excludes halogenated alkanes) is 3. The molecule has 2 aromatic carbocycles. The molecule has 3 heterocycles. The number of aliphatic hydroxyl groups is 1. The van der Waals surface area contributed by atoms with Crippen molar-refractivity contribution in [3.05, 3.63) is 118 Å². The second-order valence-corrected chi connectivity index (χ2v) is 20.5. The minimum Gasteiger partial charge on any atom is -0.494 e. The fourth-order valence-electron chi connectivity index (χ4n) is 8.69. The van der Waals surface area contributed by atoms with E-state index in [2.05, 4.69) is 87.2 Å². The van der Waals surface area contributed by atoms with Gasteiger partial charge in [-0.05, 0) is 141 Å². The number of hydrogen-bond acceptors (Lipinski definition) is 8. The molecule has 1 aliphatic carbocycles. The number of rotatable bonds is 18.